The van der Waals surface area contributed by atoms with Gasteiger partial charge in [0.25, 0.3) is 0 Å². The summed E-state index contributed by atoms with van der Waals surface area (Å²) in [6.07, 6.45) is 21.8. The summed E-state index contributed by atoms with van der Waals surface area (Å²) in [4.78, 5) is 0. The molecule has 2 radical (unpaired) electrons. The number of hydrogen-bond donors (Lipinski definition) is 0. The molecule has 0 aromatic carbocycles. The highest BCUT2D eigenvalue weighted by atomic mass is 14.0. The second-order valence-corrected chi connectivity index (χ2v) is 4.94. The van der Waals surface area contributed by atoms with Crippen molar-refractivity contribution in [1.82, 2.24) is 0 Å². The van der Waals surface area contributed by atoms with Gasteiger partial charge in [-0.2, -0.15) is 0 Å². The van der Waals surface area contributed by atoms with Gasteiger partial charge >= 0.3 is 0 Å². The van der Waals surface area contributed by atoms with Crippen molar-refractivity contribution in [3.8, 4) is 0 Å². The highest BCUT2D eigenvalue weighted by Crippen LogP contribution is 2.11. The first-order valence-corrected chi connectivity index (χ1v) is 7.65. The number of unbranched alkanes of at least 4 members (excludes halogenated alkanes) is 11. The van der Waals surface area contributed by atoms with Crippen molar-refractivity contribution in [2.75, 3.05) is 0 Å². The third kappa shape index (κ3) is 15.7. The van der Waals surface area contributed by atoms with Crippen molar-refractivity contribution in [1.29, 1.82) is 0 Å². The third-order valence-corrected chi connectivity index (χ3v) is 3.20. The Balaban J connectivity index is 2.91. The summed E-state index contributed by atoms with van der Waals surface area (Å²) in [5.74, 6) is 0. The summed E-state index contributed by atoms with van der Waals surface area (Å²) in [6, 6.07) is 0. The van der Waals surface area contributed by atoms with Gasteiger partial charge in [-0.3, -0.25) is 0 Å². The Morgan fingerprint density at radius 3 is 1.47 bits per heavy atom. The van der Waals surface area contributed by atoms with E-state index in [1.165, 1.54) is 70.6 Å². The van der Waals surface area contributed by atoms with E-state index in [0.29, 0.717) is 0 Å². The van der Waals surface area contributed by atoms with Gasteiger partial charge in [0.05, 0.1) is 0 Å². The zero-order chi connectivity index (χ0) is 12.6. The molecule has 0 aliphatic rings. The first-order chi connectivity index (χ1) is 8.41. The fourth-order valence-electron chi connectivity index (χ4n) is 2.09. The van der Waals surface area contributed by atoms with E-state index in [1.807, 2.05) is 0 Å². The van der Waals surface area contributed by atoms with Crippen LogP contribution in [0, 0.1) is 13.8 Å². The number of hydrogen-bond acceptors (Lipinski definition) is 0. The van der Waals surface area contributed by atoms with E-state index in [-0.39, 0.29) is 0 Å². The zero-order valence-corrected chi connectivity index (χ0v) is 11.8. The summed E-state index contributed by atoms with van der Waals surface area (Å²) in [5.41, 5.74) is 0. The van der Waals surface area contributed by atoms with Gasteiger partial charge in [0.15, 0.2) is 0 Å². The van der Waals surface area contributed by atoms with Crippen molar-refractivity contribution >= 4 is 0 Å². The average Bonchev–Trinajstić information content (AvgIpc) is 2.35. The first-order valence-electron chi connectivity index (χ1n) is 7.65. The van der Waals surface area contributed by atoms with E-state index in [0.717, 1.165) is 12.8 Å². The molecule has 0 fully saturated rings. The lowest BCUT2D eigenvalue weighted by atomic mass is 10.1. The van der Waals surface area contributed by atoms with Crippen LogP contribution in [-0.2, 0) is 0 Å². The van der Waals surface area contributed by atoms with Crippen LogP contribution in [0.3, 0.4) is 0 Å². The van der Waals surface area contributed by atoms with Crippen molar-refractivity contribution < 1.29 is 0 Å². The fourth-order valence-corrected chi connectivity index (χ4v) is 2.09. The van der Waals surface area contributed by atoms with Gasteiger partial charge < -0.3 is 0 Å². The van der Waals surface area contributed by atoms with Crippen LogP contribution >= 0.6 is 0 Å². The van der Waals surface area contributed by atoms with Crippen LogP contribution < -0.4 is 0 Å². The Morgan fingerprint density at radius 2 is 1.00 bits per heavy atom. The molecule has 0 aromatic rings. The minimum Gasteiger partial charge on any atom is -0.0885 e. The van der Waals surface area contributed by atoms with Crippen molar-refractivity contribution in [3.05, 3.63) is 26.0 Å². The molecule has 0 N–H and O–H groups in total. The second kappa shape index (κ2) is 15.7. The standard InChI is InChI=1S/C17H32/c1-3-5-7-9-11-13-15-17-16-14-12-10-8-6-4-2/h5,7H,1-4,6,8-17H2. The molecule has 0 amide bonds. The van der Waals surface area contributed by atoms with Gasteiger partial charge in [0, 0.05) is 0 Å². The molecule has 17 heavy (non-hydrogen) atoms. The van der Waals surface area contributed by atoms with Crippen LogP contribution in [0.25, 0.3) is 0 Å². The van der Waals surface area contributed by atoms with Crippen molar-refractivity contribution in [2.24, 2.45) is 0 Å². The van der Waals surface area contributed by atoms with E-state index in [4.69, 9.17) is 0 Å². The molecular formula is C17H32. The molecule has 0 saturated carbocycles. The van der Waals surface area contributed by atoms with Crippen LogP contribution in [0.5, 0.6) is 0 Å². The summed E-state index contributed by atoms with van der Waals surface area (Å²) < 4.78 is 0. The lowest BCUT2D eigenvalue weighted by Gasteiger charge is -2.01. The van der Waals surface area contributed by atoms with Gasteiger partial charge in [0.1, 0.15) is 0 Å². The van der Waals surface area contributed by atoms with E-state index in [1.54, 1.807) is 0 Å². The highest BCUT2D eigenvalue weighted by Gasteiger charge is 1.92. The Kier molecular flexibility index (Phi) is 15.5. The molecule has 100 valence electrons. The normalized spacial score (nSPS) is 11.4. The van der Waals surface area contributed by atoms with Gasteiger partial charge in [0.2, 0.25) is 0 Å². The maximum absolute atomic E-state index is 3.87. The lowest BCUT2D eigenvalue weighted by molar-refractivity contribution is 0.553. The molecule has 0 aliphatic heterocycles. The molecule has 0 bridgehead atoms. The molecule has 0 spiro atoms. The Bertz CT molecular complexity index is 146. The maximum Gasteiger partial charge on any atom is -0.0351 e. The van der Waals surface area contributed by atoms with Crippen LogP contribution in [0.1, 0.15) is 83.5 Å². The molecule has 0 unspecified atom stereocenters. The molecule has 0 rings (SSSR count). The number of allylic oxidation sites excluding steroid dienone is 2. The quantitative estimate of drug-likeness (QED) is 0.261. The second-order valence-electron chi connectivity index (χ2n) is 4.94. The maximum atomic E-state index is 3.87. The van der Waals surface area contributed by atoms with E-state index < -0.39 is 0 Å². The van der Waals surface area contributed by atoms with Gasteiger partial charge in [-0.05, 0) is 26.2 Å². The zero-order valence-electron chi connectivity index (χ0n) is 11.8. The molecule has 0 atom stereocenters. The topological polar surface area (TPSA) is 0 Å². The number of rotatable bonds is 13. The Hall–Kier alpha value is -0.260. The first kappa shape index (κ1) is 16.7. The van der Waals surface area contributed by atoms with Gasteiger partial charge in [-0.25, -0.2) is 0 Å². The Morgan fingerprint density at radius 1 is 0.529 bits per heavy atom. The molecule has 0 nitrogen and oxygen atoms in total. The van der Waals surface area contributed by atoms with Gasteiger partial charge in [-0.15, -0.1) is 0 Å². The molecule has 0 aliphatic carbocycles. The van der Waals surface area contributed by atoms with Crippen LogP contribution in [-0.4, -0.2) is 0 Å². The summed E-state index contributed by atoms with van der Waals surface area (Å²) in [5, 5.41) is 0. The van der Waals surface area contributed by atoms with Crippen LogP contribution in [0.15, 0.2) is 12.2 Å². The molecular weight excluding hydrogens is 204 g/mol. The Labute approximate surface area is 110 Å². The minimum atomic E-state index is 0.939. The molecule has 0 heterocycles. The summed E-state index contributed by atoms with van der Waals surface area (Å²) in [6.45, 7) is 7.66. The minimum absolute atomic E-state index is 0.939. The largest absolute Gasteiger partial charge is 0.0885 e. The lowest BCUT2D eigenvalue weighted by Crippen LogP contribution is -1.81. The van der Waals surface area contributed by atoms with Crippen LogP contribution in [0.2, 0.25) is 0 Å². The molecule has 0 heteroatoms. The molecule has 0 saturated heterocycles. The van der Waals surface area contributed by atoms with Crippen molar-refractivity contribution in [2.45, 2.75) is 83.5 Å². The van der Waals surface area contributed by atoms with Crippen molar-refractivity contribution in [3.63, 3.8) is 0 Å². The smallest absolute Gasteiger partial charge is 0.0351 e. The van der Waals surface area contributed by atoms with E-state index in [2.05, 4.69) is 26.0 Å². The van der Waals surface area contributed by atoms with E-state index >= 15 is 0 Å². The predicted molar refractivity (Wildman–Crippen MR) is 79.9 cm³/mol. The predicted octanol–water partition coefficient (Wildman–Crippen LogP) is 6.28. The summed E-state index contributed by atoms with van der Waals surface area (Å²) in [7, 11) is 0. The van der Waals surface area contributed by atoms with Gasteiger partial charge in [-0.1, -0.05) is 83.3 Å². The highest BCUT2D eigenvalue weighted by molar-refractivity contribution is 4.81. The molecule has 0 aromatic heterocycles. The summed E-state index contributed by atoms with van der Waals surface area (Å²) >= 11 is 0. The fraction of sp³-hybridized carbons (Fsp3) is 0.765. The average molecular weight is 236 g/mol. The SMILES string of the molecule is [CH2]CC=CCCCCCCCCCCCC[CH2]. The monoisotopic (exact) mass is 236 g/mol. The van der Waals surface area contributed by atoms with E-state index in [9.17, 15) is 0 Å². The third-order valence-electron chi connectivity index (χ3n) is 3.20. The van der Waals surface area contributed by atoms with Crippen LogP contribution in [0.4, 0.5) is 0 Å².